The number of rotatable bonds is 6. The summed E-state index contributed by atoms with van der Waals surface area (Å²) in [6.07, 6.45) is 0.929. The molecule has 0 radical (unpaired) electrons. The number of halogens is 1. The van der Waals surface area contributed by atoms with Crippen LogP contribution in [0.1, 0.15) is 12.5 Å². The van der Waals surface area contributed by atoms with Crippen molar-refractivity contribution in [2.24, 2.45) is 0 Å². The van der Waals surface area contributed by atoms with Crippen LogP contribution in [-0.2, 0) is 11.2 Å². The lowest BCUT2D eigenvalue weighted by molar-refractivity contribution is -0.118. The van der Waals surface area contributed by atoms with Gasteiger partial charge in [0.05, 0.1) is 16.4 Å². The Kier molecular flexibility index (Phi) is 5.88. The standard InChI is InChI=1S/C18H21ClN2O2/c1-4-13-7-5-8-14(11-13)23-12-17(22)20-16-10-6-9-15(19)18(16)21(2)3/h5-11H,4,12H2,1-3H3,(H,20,22). The molecular formula is C18H21ClN2O2. The zero-order valence-corrected chi connectivity index (χ0v) is 14.4. The van der Waals surface area contributed by atoms with Gasteiger partial charge in [0, 0.05) is 14.1 Å². The van der Waals surface area contributed by atoms with E-state index >= 15 is 0 Å². The van der Waals surface area contributed by atoms with Gasteiger partial charge < -0.3 is 15.0 Å². The summed E-state index contributed by atoms with van der Waals surface area (Å²) in [4.78, 5) is 14.0. The number of ether oxygens (including phenoxy) is 1. The van der Waals surface area contributed by atoms with Crippen molar-refractivity contribution in [2.75, 3.05) is 30.9 Å². The minimum Gasteiger partial charge on any atom is -0.484 e. The lowest BCUT2D eigenvalue weighted by atomic mass is 10.2. The molecule has 0 saturated heterocycles. The average Bonchev–Trinajstić information content (AvgIpc) is 2.53. The maximum absolute atomic E-state index is 12.1. The smallest absolute Gasteiger partial charge is 0.262 e. The van der Waals surface area contributed by atoms with Crippen LogP contribution in [0.15, 0.2) is 42.5 Å². The Morgan fingerprint density at radius 2 is 1.96 bits per heavy atom. The monoisotopic (exact) mass is 332 g/mol. The topological polar surface area (TPSA) is 41.6 Å². The molecule has 0 heterocycles. The average molecular weight is 333 g/mol. The largest absolute Gasteiger partial charge is 0.484 e. The van der Waals surface area contributed by atoms with E-state index in [0.29, 0.717) is 16.5 Å². The number of anilines is 2. The number of nitrogens with one attached hydrogen (secondary N) is 1. The van der Waals surface area contributed by atoms with Gasteiger partial charge in [-0.3, -0.25) is 4.79 Å². The molecule has 4 nitrogen and oxygen atoms in total. The van der Waals surface area contributed by atoms with E-state index in [1.54, 1.807) is 12.1 Å². The van der Waals surface area contributed by atoms with Gasteiger partial charge in [0.2, 0.25) is 0 Å². The molecule has 2 aromatic rings. The lowest BCUT2D eigenvalue weighted by Gasteiger charge is -2.19. The van der Waals surface area contributed by atoms with Crippen molar-refractivity contribution in [3.63, 3.8) is 0 Å². The van der Waals surface area contributed by atoms with Crippen LogP contribution >= 0.6 is 11.6 Å². The summed E-state index contributed by atoms with van der Waals surface area (Å²) in [6.45, 7) is 2.03. The summed E-state index contributed by atoms with van der Waals surface area (Å²) in [5.41, 5.74) is 2.61. The molecule has 2 aromatic carbocycles. The van der Waals surface area contributed by atoms with E-state index in [2.05, 4.69) is 12.2 Å². The second-order valence-electron chi connectivity index (χ2n) is 5.37. The Bertz CT molecular complexity index is 686. The van der Waals surface area contributed by atoms with Crippen LogP contribution < -0.4 is 15.0 Å². The normalized spacial score (nSPS) is 10.3. The molecule has 0 aliphatic rings. The van der Waals surface area contributed by atoms with E-state index in [9.17, 15) is 4.79 Å². The molecule has 0 fully saturated rings. The van der Waals surface area contributed by atoms with Crippen LogP contribution in [0.5, 0.6) is 5.75 Å². The van der Waals surface area contributed by atoms with Gasteiger partial charge in [-0.1, -0.05) is 36.7 Å². The highest BCUT2D eigenvalue weighted by atomic mass is 35.5. The van der Waals surface area contributed by atoms with Crippen LogP contribution in [0.3, 0.4) is 0 Å². The number of aryl methyl sites for hydroxylation is 1. The minimum absolute atomic E-state index is 0.0491. The maximum atomic E-state index is 12.1. The summed E-state index contributed by atoms with van der Waals surface area (Å²) in [6, 6.07) is 13.1. The van der Waals surface area contributed by atoms with Gasteiger partial charge in [0.15, 0.2) is 6.61 Å². The summed E-state index contributed by atoms with van der Waals surface area (Å²) in [5.74, 6) is 0.468. The highest BCUT2D eigenvalue weighted by molar-refractivity contribution is 6.34. The maximum Gasteiger partial charge on any atom is 0.262 e. The number of nitrogens with zero attached hydrogens (tertiary/aromatic N) is 1. The first kappa shape index (κ1) is 17.2. The van der Waals surface area contributed by atoms with Gasteiger partial charge in [-0.25, -0.2) is 0 Å². The molecule has 122 valence electrons. The predicted molar refractivity (Wildman–Crippen MR) is 95.7 cm³/mol. The second-order valence-corrected chi connectivity index (χ2v) is 5.78. The Morgan fingerprint density at radius 3 is 2.65 bits per heavy atom. The highest BCUT2D eigenvalue weighted by Gasteiger charge is 2.12. The summed E-state index contributed by atoms with van der Waals surface area (Å²) < 4.78 is 5.55. The van der Waals surface area contributed by atoms with Crippen LogP contribution in [0.4, 0.5) is 11.4 Å². The van der Waals surface area contributed by atoms with Crippen LogP contribution in [0.2, 0.25) is 5.02 Å². The number of amides is 1. The number of benzene rings is 2. The van der Waals surface area contributed by atoms with Gasteiger partial charge in [0.25, 0.3) is 5.91 Å². The Balaban J connectivity index is 2.01. The molecule has 23 heavy (non-hydrogen) atoms. The zero-order chi connectivity index (χ0) is 16.8. The first-order chi connectivity index (χ1) is 11.0. The second kappa shape index (κ2) is 7.88. The van der Waals surface area contributed by atoms with Crippen molar-refractivity contribution in [3.05, 3.63) is 53.1 Å². The Morgan fingerprint density at radius 1 is 1.22 bits per heavy atom. The van der Waals surface area contributed by atoms with Gasteiger partial charge >= 0.3 is 0 Å². The van der Waals surface area contributed by atoms with E-state index in [1.807, 2.05) is 49.3 Å². The quantitative estimate of drug-likeness (QED) is 0.869. The third-order valence-electron chi connectivity index (χ3n) is 3.38. The highest BCUT2D eigenvalue weighted by Crippen LogP contribution is 2.32. The summed E-state index contributed by atoms with van der Waals surface area (Å²) in [5, 5.41) is 3.43. The van der Waals surface area contributed by atoms with Crippen molar-refractivity contribution < 1.29 is 9.53 Å². The van der Waals surface area contributed by atoms with Crippen molar-refractivity contribution in [3.8, 4) is 5.75 Å². The number of carbonyl (C=O) groups excluding carboxylic acids is 1. The fourth-order valence-electron chi connectivity index (χ4n) is 2.26. The molecule has 2 rings (SSSR count). The van der Waals surface area contributed by atoms with Crippen molar-refractivity contribution in [1.29, 1.82) is 0 Å². The molecule has 1 N–H and O–H groups in total. The number of carbonyl (C=O) groups is 1. The van der Waals surface area contributed by atoms with E-state index in [4.69, 9.17) is 16.3 Å². The molecule has 0 aromatic heterocycles. The van der Waals surface area contributed by atoms with E-state index in [-0.39, 0.29) is 12.5 Å². The summed E-state index contributed by atoms with van der Waals surface area (Å²) in [7, 11) is 3.76. The molecule has 0 saturated carbocycles. The molecule has 5 heteroatoms. The molecule has 0 spiro atoms. The van der Waals surface area contributed by atoms with Crippen molar-refractivity contribution >= 4 is 28.9 Å². The minimum atomic E-state index is -0.225. The molecular weight excluding hydrogens is 312 g/mol. The van der Waals surface area contributed by atoms with E-state index in [1.165, 1.54) is 5.56 Å². The van der Waals surface area contributed by atoms with E-state index in [0.717, 1.165) is 12.1 Å². The van der Waals surface area contributed by atoms with Crippen molar-refractivity contribution in [1.82, 2.24) is 0 Å². The SMILES string of the molecule is CCc1cccc(OCC(=O)Nc2cccc(Cl)c2N(C)C)c1. The number of hydrogen-bond donors (Lipinski definition) is 1. The van der Waals surface area contributed by atoms with Gasteiger partial charge in [-0.15, -0.1) is 0 Å². The molecule has 0 unspecified atom stereocenters. The number of para-hydroxylation sites is 1. The van der Waals surface area contributed by atoms with Gasteiger partial charge in [-0.05, 0) is 36.2 Å². The third kappa shape index (κ3) is 4.63. The predicted octanol–water partition coefficient (Wildman–Crippen LogP) is 3.99. The van der Waals surface area contributed by atoms with Crippen LogP contribution in [0, 0.1) is 0 Å². The molecule has 0 bridgehead atoms. The molecule has 1 amide bonds. The zero-order valence-electron chi connectivity index (χ0n) is 13.6. The van der Waals surface area contributed by atoms with Gasteiger partial charge in [-0.2, -0.15) is 0 Å². The Labute approximate surface area is 142 Å². The molecule has 0 aliphatic heterocycles. The van der Waals surface area contributed by atoms with Crippen LogP contribution in [-0.4, -0.2) is 26.6 Å². The molecule has 0 atom stereocenters. The summed E-state index contributed by atoms with van der Waals surface area (Å²) >= 11 is 6.19. The third-order valence-corrected chi connectivity index (χ3v) is 3.69. The van der Waals surface area contributed by atoms with Crippen molar-refractivity contribution in [2.45, 2.75) is 13.3 Å². The molecule has 0 aliphatic carbocycles. The van der Waals surface area contributed by atoms with E-state index < -0.39 is 0 Å². The first-order valence-corrected chi connectivity index (χ1v) is 7.86. The van der Waals surface area contributed by atoms with Gasteiger partial charge in [0.1, 0.15) is 5.75 Å². The number of hydrogen-bond acceptors (Lipinski definition) is 3. The fraction of sp³-hybridized carbons (Fsp3) is 0.278. The first-order valence-electron chi connectivity index (χ1n) is 7.48. The fourth-order valence-corrected chi connectivity index (χ4v) is 2.60. The lowest BCUT2D eigenvalue weighted by Crippen LogP contribution is -2.22. The Hall–Kier alpha value is -2.20. The van der Waals surface area contributed by atoms with Crippen LogP contribution in [0.25, 0.3) is 0 Å².